The van der Waals surface area contributed by atoms with Crippen LogP contribution in [0.1, 0.15) is 26.7 Å². The molecule has 2 heterocycles. The second kappa shape index (κ2) is 7.04. The van der Waals surface area contributed by atoms with Crippen molar-refractivity contribution < 1.29 is 0 Å². The molecule has 0 aliphatic carbocycles. The smallest absolute Gasteiger partial charge is 0.258 e. The Morgan fingerprint density at radius 2 is 2.05 bits per heavy atom. The van der Waals surface area contributed by atoms with Gasteiger partial charge in [-0.2, -0.15) is 36.5 Å². The fraction of sp³-hybridized carbons (Fsp3) is 0.583. The maximum atomic E-state index is 5.95. The Kier molecular flexibility index (Phi) is 5.35. The van der Waals surface area contributed by atoms with Crippen molar-refractivity contribution in [3.05, 3.63) is 17.9 Å². The molecule has 0 saturated carbocycles. The Morgan fingerprint density at radius 1 is 1.29 bits per heavy atom. The Morgan fingerprint density at radius 3 is 2.62 bits per heavy atom. The lowest BCUT2D eigenvalue weighted by molar-refractivity contribution is 0.572. The molecular formula is C12H18ClN7S. The van der Waals surface area contributed by atoms with Crippen LogP contribution in [0.4, 0.5) is 5.95 Å². The number of nitrogens with zero attached hydrogens (tertiary/aromatic N) is 6. The van der Waals surface area contributed by atoms with Gasteiger partial charge in [0.05, 0.1) is 0 Å². The summed E-state index contributed by atoms with van der Waals surface area (Å²) in [6, 6.07) is 0. The van der Waals surface area contributed by atoms with Crippen molar-refractivity contribution in [2.45, 2.75) is 31.4 Å². The van der Waals surface area contributed by atoms with Gasteiger partial charge in [-0.15, -0.1) is 0 Å². The normalized spacial score (nSPS) is 11.6. The Hall–Kier alpha value is -1.41. The molecule has 0 atom stereocenters. The van der Waals surface area contributed by atoms with Crippen molar-refractivity contribution >= 4 is 29.3 Å². The van der Waals surface area contributed by atoms with Gasteiger partial charge in [0.2, 0.25) is 11.2 Å². The van der Waals surface area contributed by atoms with E-state index in [0.717, 1.165) is 19.4 Å². The maximum absolute atomic E-state index is 5.95. The van der Waals surface area contributed by atoms with E-state index in [9.17, 15) is 0 Å². The van der Waals surface area contributed by atoms with Gasteiger partial charge in [0, 0.05) is 11.3 Å². The molecule has 2 rings (SSSR count). The maximum Gasteiger partial charge on any atom is 0.258 e. The number of aromatic nitrogens is 6. The number of halogens is 1. The molecule has 0 fully saturated rings. The highest BCUT2D eigenvalue weighted by molar-refractivity contribution is 8.00. The first-order chi connectivity index (χ1) is 10.1. The molecule has 7 nitrogen and oxygen atoms in total. The van der Waals surface area contributed by atoms with Crippen molar-refractivity contribution in [3.8, 4) is 5.95 Å². The molecule has 21 heavy (non-hydrogen) atoms. The van der Waals surface area contributed by atoms with Gasteiger partial charge in [0.15, 0.2) is 0 Å². The zero-order valence-electron chi connectivity index (χ0n) is 12.2. The lowest BCUT2D eigenvalue weighted by Gasteiger charge is -2.29. The summed E-state index contributed by atoms with van der Waals surface area (Å²) in [7, 11) is 0. The average molecular weight is 328 g/mol. The van der Waals surface area contributed by atoms with Crippen LogP contribution in [-0.4, -0.2) is 47.3 Å². The van der Waals surface area contributed by atoms with Crippen molar-refractivity contribution in [1.82, 2.24) is 29.7 Å². The molecule has 0 aliphatic rings. The molecule has 114 valence electrons. The summed E-state index contributed by atoms with van der Waals surface area (Å²) in [5.41, 5.74) is 0. The van der Waals surface area contributed by atoms with E-state index in [1.54, 1.807) is 0 Å². The summed E-state index contributed by atoms with van der Waals surface area (Å²) >= 11 is 7.80. The number of thioether (sulfide) groups is 1. The molecule has 0 aliphatic heterocycles. The molecule has 0 saturated heterocycles. The second-order valence-electron chi connectivity index (χ2n) is 4.52. The Balaban J connectivity index is 2.17. The first-order valence-corrected chi connectivity index (χ1v) is 8.28. The van der Waals surface area contributed by atoms with E-state index < -0.39 is 0 Å². The standard InChI is InChI=1S/C12H18ClN7S/c1-4-12(5-2,21-3)6-15-10-17-9(13)18-11(19-10)20-8-14-7-16-20/h7-8H,4-6H2,1-3H3,(H,15,17,18,19). The predicted molar refractivity (Wildman–Crippen MR) is 85.1 cm³/mol. The zero-order valence-corrected chi connectivity index (χ0v) is 13.8. The molecule has 2 aromatic rings. The van der Waals surface area contributed by atoms with Crippen LogP contribution in [0.2, 0.25) is 5.28 Å². The molecular weight excluding hydrogens is 310 g/mol. The van der Waals surface area contributed by atoms with Gasteiger partial charge < -0.3 is 5.32 Å². The molecule has 0 unspecified atom stereocenters. The quantitative estimate of drug-likeness (QED) is 0.836. The van der Waals surface area contributed by atoms with Crippen molar-refractivity contribution in [2.75, 3.05) is 18.1 Å². The topological polar surface area (TPSA) is 81.4 Å². The molecule has 1 N–H and O–H groups in total. The average Bonchev–Trinajstić information content (AvgIpc) is 3.03. The third kappa shape index (κ3) is 3.82. The van der Waals surface area contributed by atoms with Crippen LogP contribution in [0.5, 0.6) is 0 Å². The highest BCUT2D eigenvalue weighted by Crippen LogP contribution is 2.30. The van der Waals surface area contributed by atoms with Crippen molar-refractivity contribution in [1.29, 1.82) is 0 Å². The fourth-order valence-electron chi connectivity index (χ4n) is 1.93. The van der Waals surface area contributed by atoms with Crippen LogP contribution in [0.15, 0.2) is 12.7 Å². The van der Waals surface area contributed by atoms with Gasteiger partial charge in [-0.05, 0) is 30.7 Å². The van der Waals surface area contributed by atoms with E-state index in [4.69, 9.17) is 11.6 Å². The predicted octanol–water partition coefficient (Wildman–Crippen LogP) is 2.44. The largest absolute Gasteiger partial charge is 0.353 e. The SMILES string of the molecule is CCC(CC)(CNc1nc(Cl)nc(-n2cncn2)n1)SC. The first-order valence-electron chi connectivity index (χ1n) is 6.68. The third-order valence-electron chi connectivity index (χ3n) is 3.51. The molecule has 0 spiro atoms. The molecule has 9 heteroatoms. The Labute approximate surface area is 133 Å². The van der Waals surface area contributed by atoms with Crippen LogP contribution in [-0.2, 0) is 0 Å². The van der Waals surface area contributed by atoms with Gasteiger partial charge >= 0.3 is 0 Å². The highest BCUT2D eigenvalue weighted by Gasteiger charge is 2.25. The molecule has 0 radical (unpaired) electrons. The summed E-state index contributed by atoms with van der Waals surface area (Å²) < 4.78 is 1.60. The number of hydrogen-bond donors (Lipinski definition) is 1. The van der Waals surface area contributed by atoms with Crippen LogP contribution in [0, 0.1) is 0 Å². The van der Waals surface area contributed by atoms with E-state index in [-0.39, 0.29) is 10.0 Å². The number of anilines is 1. The second-order valence-corrected chi connectivity index (χ2v) is 6.13. The lowest BCUT2D eigenvalue weighted by atomic mass is 10.0. The molecule has 0 aromatic carbocycles. The van der Waals surface area contributed by atoms with Crippen LogP contribution < -0.4 is 5.32 Å². The number of hydrogen-bond acceptors (Lipinski definition) is 7. The molecule has 2 aromatic heterocycles. The van der Waals surface area contributed by atoms with Gasteiger partial charge in [-0.1, -0.05) is 13.8 Å². The van der Waals surface area contributed by atoms with E-state index in [1.807, 2.05) is 11.8 Å². The van der Waals surface area contributed by atoms with E-state index in [2.05, 4.69) is 50.5 Å². The van der Waals surface area contributed by atoms with Gasteiger partial charge in [-0.25, -0.2) is 4.98 Å². The summed E-state index contributed by atoms with van der Waals surface area (Å²) in [5.74, 6) is 0.790. The van der Waals surface area contributed by atoms with E-state index >= 15 is 0 Å². The third-order valence-corrected chi connectivity index (χ3v) is 5.27. The summed E-state index contributed by atoms with van der Waals surface area (Å²) in [6.45, 7) is 5.13. The Bertz CT molecular complexity index is 563. The monoisotopic (exact) mass is 327 g/mol. The summed E-state index contributed by atoms with van der Waals surface area (Å²) in [4.78, 5) is 16.3. The van der Waals surface area contributed by atoms with Crippen LogP contribution in [0.3, 0.4) is 0 Å². The van der Waals surface area contributed by atoms with E-state index in [1.165, 1.54) is 17.3 Å². The number of nitrogens with one attached hydrogen (secondary N) is 1. The first kappa shape index (κ1) is 16.0. The zero-order chi connectivity index (χ0) is 15.3. The highest BCUT2D eigenvalue weighted by atomic mass is 35.5. The van der Waals surface area contributed by atoms with Gasteiger partial charge in [-0.3, -0.25) is 0 Å². The minimum atomic E-state index is 0.126. The number of rotatable bonds is 7. The van der Waals surface area contributed by atoms with Crippen LogP contribution >= 0.6 is 23.4 Å². The fourth-order valence-corrected chi connectivity index (χ4v) is 2.88. The van der Waals surface area contributed by atoms with E-state index in [0.29, 0.717) is 11.9 Å². The van der Waals surface area contributed by atoms with Crippen LogP contribution in [0.25, 0.3) is 5.95 Å². The lowest BCUT2D eigenvalue weighted by Crippen LogP contribution is -2.32. The minimum Gasteiger partial charge on any atom is -0.353 e. The minimum absolute atomic E-state index is 0.126. The summed E-state index contributed by atoms with van der Waals surface area (Å²) in [6.07, 6.45) is 7.17. The van der Waals surface area contributed by atoms with Crippen molar-refractivity contribution in [2.24, 2.45) is 0 Å². The van der Waals surface area contributed by atoms with Gasteiger partial charge in [0.1, 0.15) is 12.7 Å². The summed E-state index contributed by atoms with van der Waals surface area (Å²) in [5, 5.41) is 7.37. The van der Waals surface area contributed by atoms with Gasteiger partial charge in [0.25, 0.3) is 5.95 Å². The molecule has 0 amide bonds. The molecule has 0 bridgehead atoms. The van der Waals surface area contributed by atoms with Crippen molar-refractivity contribution in [3.63, 3.8) is 0 Å².